The highest BCUT2D eigenvalue weighted by Crippen LogP contribution is 2.20. The number of benzene rings is 1. The van der Waals surface area contributed by atoms with Gasteiger partial charge in [0.25, 0.3) is 0 Å². The third-order valence-corrected chi connectivity index (χ3v) is 2.48. The molecule has 88 valence electrons. The van der Waals surface area contributed by atoms with Gasteiger partial charge < -0.3 is 15.5 Å². The number of aromatic nitrogens is 1. The van der Waals surface area contributed by atoms with E-state index in [4.69, 9.17) is 5.11 Å². The van der Waals surface area contributed by atoms with Crippen molar-refractivity contribution in [3.05, 3.63) is 47.8 Å². The first kappa shape index (κ1) is 11.3. The molecule has 4 nitrogen and oxygen atoms in total. The van der Waals surface area contributed by atoms with Crippen molar-refractivity contribution in [2.75, 3.05) is 5.32 Å². The number of phenolic OH excluding ortho intramolecular Hbond substituents is 1. The van der Waals surface area contributed by atoms with Crippen molar-refractivity contribution in [2.24, 2.45) is 0 Å². The summed E-state index contributed by atoms with van der Waals surface area (Å²) in [6.07, 6.45) is 1.42. The maximum atomic E-state index is 9.29. The van der Waals surface area contributed by atoms with Crippen LogP contribution in [-0.2, 0) is 6.54 Å². The number of nitrogens with zero attached hydrogens (tertiary/aromatic N) is 1. The molecule has 1 aromatic heterocycles. The average molecular weight is 230 g/mol. The summed E-state index contributed by atoms with van der Waals surface area (Å²) >= 11 is 0. The number of aryl methyl sites for hydroxylation is 1. The SMILES string of the molecule is Cc1cc(O)ccc1NCc1ccc(O)cn1. The molecule has 0 aliphatic carbocycles. The predicted molar refractivity (Wildman–Crippen MR) is 66.1 cm³/mol. The number of hydrogen-bond acceptors (Lipinski definition) is 4. The van der Waals surface area contributed by atoms with Crippen LogP contribution in [0.3, 0.4) is 0 Å². The van der Waals surface area contributed by atoms with Crippen LogP contribution in [0.2, 0.25) is 0 Å². The van der Waals surface area contributed by atoms with Gasteiger partial charge in [-0.3, -0.25) is 4.98 Å². The van der Waals surface area contributed by atoms with Gasteiger partial charge in [0.05, 0.1) is 18.4 Å². The van der Waals surface area contributed by atoms with Gasteiger partial charge in [-0.25, -0.2) is 0 Å². The summed E-state index contributed by atoms with van der Waals surface area (Å²) in [6.45, 7) is 2.50. The summed E-state index contributed by atoms with van der Waals surface area (Å²) in [5, 5.41) is 21.6. The second-order valence-corrected chi connectivity index (χ2v) is 3.86. The third kappa shape index (κ3) is 2.87. The van der Waals surface area contributed by atoms with Crippen molar-refractivity contribution in [2.45, 2.75) is 13.5 Å². The van der Waals surface area contributed by atoms with Gasteiger partial charge in [-0.15, -0.1) is 0 Å². The number of anilines is 1. The fraction of sp³-hybridized carbons (Fsp3) is 0.154. The van der Waals surface area contributed by atoms with Gasteiger partial charge >= 0.3 is 0 Å². The molecule has 1 aromatic carbocycles. The summed E-state index contributed by atoms with van der Waals surface area (Å²) in [6, 6.07) is 8.53. The molecule has 0 saturated carbocycles. The Kier molecular flexibility index (Phi) is 3.14. The molecule has 0 spiro atoms. The summed E-state index contributed by atoms with van der Waals surface area (Å²) in [4.78, 5) is 4.08. The fourth-order valence-corrected chi connectivity index (χ4v) is 1.55. The Hall–Kier alpha value is -2.23. The predicted octanol–water partition coefficient (Wildman–Crippen LogP) is 2.41. The van der Waals surface area contributed by atoms with E-state index in [0.717, 1.165) is 16.9 Å². The second-order valence-electron chi connectivity index (χ2n) is 3.86. The summed E-state index contributed by atoms with van der Waals surface area (Å²) in [5.41, 5.74) is 2.77. The van der Waals surface area contributed by atoms with Gasteiger partial charge in [0.2, 0.25) is 0 Å². The zero-order valence-electron chi connectivity index (χ0n) is 9.51. The molecule has 0 fully saturated rings. The van der Waals surface area contributed by atoms with Crippen LogP contribution in [-0.4, -0.2) is 15.2 Å². The minimum absolute atomic E-state index is 0.162. The molecule has 4 heteroatoms. The molecule has 0 bridgehead atoms. The standard InChI is InChI=1S/C13H14N2O2/c1-9-6-11(16)4-5-13(9)15-7-10-2-3-12(17)8-14-10/h2-6,8,15-17H,7H2,1H3. The zero-order valence-corrected chi connectivity index (χ0v) is 9.51. The Morgan fingerprint density at radius 1 is 1.12 bits per heavy atom. The molecular weight excluding hydrogens is 216 g/mol. The van der Waals surface area contributed by atoms with Crippen molar-refractivity contribution in [1.82, 2.24) is 4.98 Å². The highest BCUT2D eigenvalue weighted by Gasteiger charge is 2.00. The van der Waals surface area contributed by atoms with Crippen LogP contribution < -0.4 is 5.32 Å². The molecule has 0 aliphatic heterocycles. The van der Waals surface area contributed by atoms with Crippen molar-refractivity contribution in [3.63, 3.8) is 0 Å². The van der Waals surface area contributed by atoms with Gasteiger partial charge in [0, 0.05) is 5.69 Å². The fourth-order valence-electron chi connectivity index (χ4n) is 1.55. The van der Waals surface area contributed by atoms with Crippen LogP contribution in [0, 0.1) is 6.92 Å². The maximum absolute atomic E-state index is 9.29. The number of pyridine rings is 1. The van der Waals surface area contributed by atoms with Crippen LogP contribution in [0.1, 0.15) is 11.3 Å². The Balaban J connectivity index is 2.04. The lowest BCUT2D eigenvalue weighted by Crippen LogP contribution is -2.02. The van der Waals surface area contributed by atoms with Gasteiger partial charge in [-0.2, -0.15) is 0 Å². The first-order chi connectivity index (χ1) is 8.15. The molecular formula is C13H14N2O2. The second kappa shape index (κ2) is 4.74. The van der Waals surface area contributed by atoms with E-state index in [-0.39, 0.29) is 11.5 Å². The molecule has 0 radical (unpaired) electrons. The molecule has 0 aliphatic rings. The summed E-state index contributed by atoms with van der Waals surface area (Å²) in [5.74, 6) is 0.422. The maximum Gasteiger partial charge on any atom is 0.133 e. The third-order valence-electron chi connectivity index (χ3n) is 2.48. The summed E-state index contributed by atoms with van der Waals surface area (Å²) in [7, 11) is 0. The lowest BCUT2D eigenvalue weighted by molar-refractivity contribution is 0.472. The van der Waals surface area contributed by atoms with Gasteiger partial charge in [-0.05, 0) is 42.8 Å². The lowest BCUT2D eigenvalue weighted by atomic mass is 10.2. The van der Waals surface area contributed by atoms with E-state index in [9.17, 15) is 5.11 Å². The molecule has 2 rings (SSSR count). The van der Waals surface area contributed by atoms with E-state index in [2.05, 4.69) is 10.3 Å². The number of hydrogen-bond donors (Lipinski definition) is 3. The lowest BCUT2D eigenvalue weighted by Gasteiger charge is -2.09. The van der Waals surface area contributed by atoms with Crippen molar-refractivity contribution in [1.29, 1.82) is 0 Å². The molecule has 0 saturated heterocycles. The highest BCUT2D eigenvalue weighted by molar-refractivity contribution is 5.53. The van der Waals surface area contributed by atoms with Crippen LogP contribution in [0.15, 0.2) is 36.5 Å². The average Bonchev–Trinajstić information content (AvgIpc) is 2.30. The van der Waals surface area contributed by atoms with E-state index >= 15 is 0 Å². The van der Waals surface area contributed by atoms with Crippen molar-refractivity contribution >= 4 is 5.69 Å². The number of aromatic hydroxyl groups is 2. The topological polar surface area (TPSA) is 65.4 Å². The van der Waals surface area contributed by atoms with Gasteiger partial charge in [0.15, 0.2) is 0 Å². The van der Waals surface area contributed by atoms with E-state index in [1.54, 1.807) is 24.3 Å². The van der Waals surface area contributed by atoms with E-state index in [1.165, 1.54) is 6.20 Å². The van der Waals surface area contributed by atoms with E-state index in [1.807, 2.05) is 13.0 Å². The highest BCUT2D eigenvalue weighted by atomic mass is 16.3. The van der Waals surface area contributed by atoms with Gasteiger partial charge in [-0.1, -0.05) is 0 Å². The normalized spacial score (nSPS) is 10.2. The van der Waals surface area contributed by atoms with Crippen LogP contribution >= 0.6 is 0 Å². The molecule has 0 amide bonds. The number of rotatable bonds is 3. The Morgan fingerprint density at radius 2 is 1.88 bits per heavy atom. The molecule has 0 atom stereocenters. The van der Waals surface area contributed by atoms with Crippen LogP contribution in [0.4, 0.5) is 5.69 Å². The van der Waals surface area contributed by atoms with E-state index < -0.39 is 0 Å². The number of nitrogens with one attached hydrogen (secondary N) is 1. The minimum atomic E-state index is 0.162. The molecule has 1 heterocycles. The largest absolute Gasteiger partial charge is 0.508 e. The first-order valence-electron chi connectivity index (χ1n) is 5.32. The van der Waals surface area contributed by atoms with Crippen molar-refractivity contribution in [3.8, 4) is 11.5 Å². The quantitative estimate of drug-likeness (QED) is 0.708. The number of phenols is 1. The molecule has 17 heavy (non-hydrogen) atoms. The minimum Gasteiger partial charge on any atom is -0.508 e. The smallest absolute Gasteiger partial charge is 0.133 e. The zero-order chi connectivity index (χ0) is 12.3. The monoisotopic (exact) mass is 230 g/mol. The molecule has 0 unspecified atom stereocenters. The Bertz CT molecular complexity index is 509. The summed E-state index contributed by atoms with van der Waals surface area (Å²) < 4.78 is 0. The Morgan fingerprint density at radius 3 is 2.53 bits per heavy atom. The van der Waals surface area contributed by atoms with E-state index in [0.29, 0.717) is 6.54 Å². The molecule has 2 aromatic rings. The molecule has 3 N–H and O–H groups in total. The first-order valence-corrected chi connectivity index (χ1v) is 5.32. The van der Waals surface area contributed by atoms with Crippen LogP contribution in [0.5, 0.6) is 11.5 Å². The van der Waals surface area contributed by atoms with Crippen molar-refractivity contribution < 1.29 is 10.2 Å². The van der Waals surface area contributed by atoms with Gasteiger partial charge in [0.1, 0.15) is 11.5 Å². The van der Waals surface area contributed by atoms with Crippen LogP contribution in [0.25, 0.3) is 0 Å². The Labute approximate surface area is 99.6 Å².